The maximum absolute atomic E-state index is 13.2. The number of likely N-dealkylation sites (N-methyl/N-ethyl adjacent to an activating group) is 1. The summed E-state index contributed by atoms with van der Waals surface area (Å²) in [6.45, 7) is 4.09. The first-order chi connectivity index (χ1) is 11.0. The highest BCUT2D eigenvalue weighted by atomic mass is 32.2. The molecule has 0 bridgehead atoms. The van der Waals surface area contributed by atoms with Gasteiger partial charge in [-0.2, -0.15) is 0 Å². The van der Waals surface area contributed by atoms with E-state index < -0.39 is 10.0 Å². The summed E-state index contributed by atoms with van der Waals surface area (Å²) in [6, 6.07) is 9.76. The molecule has 6 heteroatoms. The second kappa shape index (κ2) is 5.33. The van der Waals surface area contributed by atoms with Gasteiger partial charge in [-0.1, -0.05) is 23.8 Å². The van der Waals surface area contributed by atoms with E-state index in [1.807, 2.05) is 17.5 Å². The number of piperidine rings is 1. The van der Waals surface area contributed by atoms with Crippen LogP contribution in [-0.2, 0) is 10.0 Å². The van der Waals surface area contributed by atoms with Crippen LogP contribution in [0.1, 0.15) is 23.5 Å². The lowest BCUT2D eigenvalue weighted by atomic mass is 9.89. The number of rotatable bonds is 2. The van der Waals surface area contributed by atoms with Gasteiger partial charge >= 0.3 is 0 Å². The molecule has 1 unspecified atom stereocenters. The lowest BCUT2D eigenvalue weighted by Gasteiger charge is -2.34. The first-order valence-corrected chi connectivity index (χ1v) is 10.3. The molecule has 0 radical (unpaired) electrons. The molecule has 3 heterocycles. The Morgan fingerprint density at radius 1 is 1.30 bits per heavy atom. The Hall–Kier alpha value is -1.37. The van der Waals surface area contributed by atoms with Crippen molar-refractivity contribution in [3.63, 3.8) is 0 Å². The highest BCUT2D eigenvalue weighted by Crippen LogP contribution is 2.46. The van der Waals surface area contributed by atoms with E-state index in [0.717, 1.165) is 25.2 Å². The highest BCUT2D eigenvalue weighted by Gasteiger charge is 2.48. The number of hydrogen-bond acceptors (Lipinski definition) is 3. The molecule has 1 aromatic carbocycles. The Bertz CT molecular complexity index is 830. The van der Waals surface area contributed by atoms with E-state index in [0.29, 0.717) is 10.1 Å². The predicted molar refractivity (Wildman–Crippen MR) is 92.9 cm³/mol. The van der Waals surface area contributed by atoms with E-state index in [-0.39, 0.29) is 6.04 Å². The van der Waals surface area contributed by atoms with Crippen molar-refractivity contribution in [2.75, 3.05) is 24.4 Å². The van der Waals surface area contributed by atoms with Crippen molar-refractivity contribution in [2.45, 2.75) is 29.5 Å². The molecule has 0 spiro atoms. The maximum Gasteiger partial charge on any atom is 0.274 e. The molecule has 4 nitrogen and oxygen atoms in total. The fraction of sp³-hybridized carbons (Fsp3) is 0.412. The van der Waals surface area contributed by atoms with E-state index in [1.165, 1.54) is 27.4 Å². The Kier molecular flexibility index (Phi) is 3.51. The van der Waals surface area contributed by atoms with E-state index in [1.54, 1.807) is 16.4 Å². The largest absolute Gasteiger partial charge is 0.337 e. The Labute approximate surface area is 141 Å². The summed E-state index contributed by atoms with van der Waals surface area (Å²) in [5.74, 6) is 0.299. The smallest absolute Gasteiger partial charge is 0.274 e. The molecule has 2 aliphatic rings. The number of sulfonamides is 1. The maximum atomic E-state index is 13.2. The zero-order valence-corrected chi connectivity index (χ0v) is 15.0. The van der Waals surface area contributed by atoms with Gasteiger partial charge < -0.3 is 4.90 Å². The Morgan fingerprint density at radius 2 is 2.13 bits per heavy atom. The second-order valence-corrected chi connectivity index (χ2v) is 9.66. The summed E-state index contributed by atoms with van der Waals surface area (Å²) in [6.07, 6.45) is 0.912. The quantitative estimate of drug-likeness (QED) is 0.896. The average Bonchev–Trinajstić information content (AvgIpc) is 3.13. The summed E-state index contributed by atoms with van der Waals surface area (Å²) in [7, 11) is -1.27. The van der Waals surface area contributed by atoms with Crippen LogP contribution in [0.2, 0.25) is 0 Å². The van der Waals surface area contributed by atoms with Crippen LogP contribution in [-0.4, -0.2) is 34.6 Å². The van der Waals surface area contributed by atoms with Crippen molar-refractivity contribution >= 4 is 27.0 Å². The summed E-state index contributed by atoms with van der Waals surface area (Å²) >= 11 is 1.30. The molecule has 0 aliphatic carbocycles. The number of quaternary nitrogens is 1. The Balaban J connectivity index is 1.87. The number of thiophene rings is 1. The molecule has 1 saturated heterocycles. The SMILES string of the molecule is Cc1ccc2c(c1)[C@H]1C[NH+](C)CC[C@@H]1N2S(=O)(=O)c1cccs1. The summed E-state index contributed by atoms with van der Waals surface area (Å²) in [5, 5.41) is 1.83. The molecule has 2 aromatic rings. The number of benzene rings is 1. The van der Waals surface area contributed by atoms with Crippen molar-refractivity contribution in [2.24, 2.45) is 0 Å². The third kappa shape index (κ3) is 2.31. The number of nitrogens with one attached hydrogen (secondary N) is 1. The average molecular weight is 350 g/mol. The van der Waals surface area contributed by atoms with Gasteiger partial charge in [-0.05, 0) is 30.0 Å². The van der Waals surface area contributed by atoms with E-state index >= 15 is 0 Å². The minimum atomic E-state index is -3.47. The molecule has 1 aromatic heterocycles. The van der Waals surface area contributed by atoms with Crippen LogP contribution in [0.5, 0.6) is 0 Å². The highest BCUT2D eigenvalue weighted by molar-refractivity contribution is 7.94. The van der Waals surface area contributed by atoms with Gasteiger partial charge in [0.05, 0.1) is 37.8 Å². The number of fused-ring (bicyclic) bond motifs is 3. The van der Waals surface area contributed by atoms with Crippen molar-refractivity contribution in [1.29, 1.82) is 0 Å². The lowest BCUT2D eigenvalue weighted by molar-refractivity contribution is -0.886. The first kappa shape index (κ1) is 15.2. The molecule has 23 heavy (non-hydrogen) atoms. The monoisotopic (exact) mass is 349 g/mol. The molecule has 1 N–H and O–H groups in total. The third-order valence-corrected chi connectivity index (χ3v) is 8.24. The number of likely N-dealkylation sites (tertiary alicyclic amines) is 1. The molecule has 0 amide bonds. The molecular weight excluding hydrogens is 328 g/mol. The van der Waals surface area contributed by atoms with Gasteiger partial charge in [0.2, 0.25) is 0 Å². The number of hydrogen-bond donors (Lipinski definition) is 1. The van der Waals surface area contributed by atoms with Crippen LogP contribution in [0.25, 0.3) is 0 Å². The topological polar surface area (TPSA) is 41.8 Å². The minimum absolute atomic E-state index is 0.0580. The minimum Gasteiger partial charge on any atom is -0.337 e. The van der Waals surface area contributed by atoms with E-state index in [2.05, 4.69) is 20.0 Å². The standard InChI is InChI=1S/C17H20N2O2S2/c1-12-5-6-15-13(10-12)14-11-18(2)8-7-16(14)19(15)23(20,21)17-4-3-9-22-17/h3-6,9-10,14,16H,7-8,11H2,1-2H3/p+1/t14-,16+/m1/s1. The van der Waals surface area contributed by atoms with Crippen LogP contribution in [0, 0.1) is 6.92 Å². The zero-order valence-electron chi connectivity index (χ0n) is 13.3. The fourth-order valence-electron chi connectivity index (χ4n) is 3.97. The van der Waals surface area contributed by atoms with Gasteiger partial charge in [-0.15, -0.1) is 11.3 Å². The van der Waals surface area contributed by atoms with Gasteiger partial charge in [0.25, 0.3) is 10.0 Å². The predicted octanol–water partition coefficient (Wildman–Crippen LogP) is 1.64. The summed E-state index contributed by atoms with van der Waals surface area (Å²) < 4.78 is 28.6. The van der Waals surface area contributed by atoms with Crippen molar-refractivity contribution in [1.82, 2.24) is 0 Å². The first-order valence-electron chi connectivity index (χ1n) is 7.98. The van der Waals surface area contributed by atoms with Gasteiger partial charge in [-0.25, -0.2) is 8.42 Å². The zero-order chi connectivity index (χ0) is 16.2. The van der Waals surface area contributed by atoms with Gasteiger partial charge in [-0.3, -0.25) is 4.31 Å². The molecule has 3 atom stereocenters. The number of anilines is 1. The van der Waals surface area contributed by atoms with Crippen molar-refractivity contribution < 1.29 is 13.3 Å². The number of aryl methyl sites for hydroxylation is 1. The fourth-order valence-corrected chi connectivity index (χ4v) is 6.79. The summed E-state index contributed by atoms with van der Waals surface area (Å²) in [5.41, 5.74) is 3.28. The van der Waals surface area contributed by atoms with Crippen molar-refractivity contribution in [3.8, 4) is 0 Å². The van der Waals surface area contributed by atoms with Gasteiger partial charge in [0.1, 0.15) is 4.21 Å². The normalized spacial score (nSPS) is 26.9. The number of nitrogens with zero attached hydrogens (tertiary/aromatic N) is 1. The van der Waals surface area contributed by atoms with Crippen LogP contribution in [0.3, 0.4) is 0 Å². The van der Waals surface area contributed by atoms with Gasteiger partial charge in [0, 0.05) is 6.42 Å². The summed E-state index contributed by atoms with van der Waals surface area (Å²) in [4.78, 5) is 1.48. The van der Waals surface area contributed by atoms with E-state index in [4.69, 9.17) is 0 Å². The molecule has 0 saturated carbocycles. The van der Waals surface area contributed by atoms with Crippen LogP contribution >= 0.6 is 11.3 Å². The Morgan fingerprint density at radius 3 is 2.87 bits per heavy atom. The molecule has 1 fully saturated rings. The molecule has 122 valence electrons. The van der Waals surface area contributed by atoms with Crippen LogP contribution in [0.4, 0.5) is 5.69 Å². The molecular formula is C17H21N2O2S2+. The molecule has 4 rings (SSSR count). The van der Waals surface area contributed by atoms with Crippen LogP contribution < -0.4 is 9.21 Å². The van der Waals surface area contributed by atoms with Crippen LogP contribution in [0.15, 0.2) is 39.9 Å². The van der Waals surface area contributed by atoms with Gasteiger partial charge in [0.15, 0.2) is 0 Å². The van der Waals surface area contributed by atoms with Crippen molar-refractivity contribution in [3.05, 3.63) is 46.8 Å². The third-order valence-electron chi connectivity index (χ3n) is 5.03. The van der Waals surface area contributed by atoms with E-state index in [9.17, 15) is 8.42 Å². The second-order valence-electron chi connectivity index (χ2n) is 6.67. The lowest BCUT2D eigenvalue weighted by Crippen LogP contribution is -3.11. The molecule has 2 aliphatic heterocycles.